The fourth-order valence-electron chi connectivity index (χ4n) is 5.25. The monoisotopic (exact) mass is 446 g/mol. The van der Waals surface area contributed by atoms with Gasteiger partial charge in [0.2, 0.25) is 5.91 Å². The Kier molecular flexibility index (Phi) is 6.03. The average Bonchev–Trinajstić information content (AvgIpc) is 3.51. The Morgan fingerprint density at radius 1 is 1.09 bits per heavy atom. The van der Waals surface area contributed by atoms with Crippen LogP contribution >= 0.6 is 0 Å². The summed E-state index contributed by atoms with van der Waals surface area (Å²) in [5.74, 6) is 0.0402. The highest BCUT2D eigenvalue weighted by molar-refractivity contribution is 5.97. The summed E-state index contributed by atoms with van der Waals surface area (Å²) in [6.45, 7) is 2.13. The van der Waals surface area contributed by atoms with E-state index in [4.69, 9.17) is 0 Å². The lowest BCUT2D eigenvalue weighted by atomic mass is 9.96. The van der Waals surface area contributed by atoms with E-state index in [9.17, 15) is 14.0 Å². The van der Waals surface area contributed by atoms with Crippen LogP contribution in [0.3, 0.4) is 0 Å². The predicted octanol–water partition coefficient (Wildman–Crippen LogP) is 3.85. The minimum absolute atomic E-state index is 0.0273. The van der Waals surface area contributed by atoms with Gasteiger partial charge >= 0.3 is 0 Å². The molecular weight excluding hydrogens is 419 g/mol. The molecule has 5 rings (SSSR count). The molecule has 2 atom stereocenters. The highest BCUT2D eigenvalue weighted by Gasteiger charge is 2.39. The summed E-state index contributed by atoms with van der Waals surface area (Å²) in [6.07, 6.45) is 8.21. The number of nitrogens with zero attached hydrogens (tertiary/aromatic N) is 4. The first-order chi connectivity index (χ1) is 16.1. The van der Waals surface area contributed by atoms with Gasteiger partial charge in [0.05, 0.1) is 11.7 Å². The third-order valence-electron chi connectivity index (χ3n) is 6.92. The molecule has 170 valence electrons. The molecule has 2 saturated heterocycles. The smallest absolute Gasteiger partial charge is 0.253 e. The summed E-state index contributed by atoms with van der Waals surface area (Å²) in [5.41, 5.74) is 2.21. The highest BCUT2D eigenvalue weighted by atomic mass is 19.1. The number of benzene rings is 1. The normalized spacial score (nSPS) is 20.5. The number of amides is 2. The van der Waals surface area contributed by atoms with E-state index in [1.165, 1.54) is 12.3 Å². The lowest BCUT2D eigenvalue weighted by molar-refractivity contribution is -0.132. The van der Waals surface area contributed by atoms with Crippen LogP contribution < -0.4 is 0 Å². The maximum atomic E-state index is 13.4. The van der Waals surface area contributed by atoms with Gasteiger partial charge in [0, 0.05) is 55.4 Å². The van der Waals surface area contributed by atoms with Gasteiger partial charge in [-0.2, -0.15) is 0 Å². The number of likely N-dealkylation sites (tertiary alicyclic amines) is 2. The van der Waals surface area contributed by atoms with Crippen molar-refractivity contribution in [2.24, 2.45) is 5.92 Å². The zero-order valence-electron chi connectivity index (χ0n) is 18.5. The van der Waals surface area contributed by atoms with Gasteiger partial charge in [-0.1, -0.05) is 12.1 Å². The van der Waals surface area contributed by atoms with E-state index in [0.29, 0.717) is 31.5 Å². The molecule has 2 aliphatic heterocycles. The first-order valence-corrected chi connectivity index (χ1v) is 11.6. The van der Waals surface area contributed by atoms with Crippen molar-refractivity contribution in [2.45, 2.75) is 38.1 Å². The molecule has 4 heterocycles. The summed E-state index contributed by atoms with van der Waals surface area (Å²) >= 11 is 0. The van der Waals surface area contributed by atoms with E-state index in [2.05, 4.69) is 9.97 Å². The van der Waals surface area contributed by atoms with Gasteiger partial charge in [-0.25, -0.2) is 4.39 Å². The lowest BCUT2D eigenvalue weighted by Gasteiger charge is -2.29. The van der Waals surface area contributed by atoms with Crippen LogP contribution in [0, 0.1) is 11.7 Å². The Balaban J connectivity index is 1.21. The third-order valence-corrected chi connectivity index (χ3v) is 6.92. The van der Waals surface area contributed by atoms with Crippen molar-refractivity contribution < 1.29 is 14.0 Å². The molecule has 2 amide bonds. The van der Waals surface area contributed by atoms with E-state index >= 15 is 0 Å². The van der Waals surface area contributed by atoms with Crippen LogP contribution in [0.2, 0.25) is 0 Å². The van der Waals surface area contributed by atoms with Crippen molar-refractivity contribution >= 4 is 22.7 Å². The van der Waals surface area contributed by atoms with E-state index in [1.807, 2.05) is 40.1 Å². The quantitative estimate of drug-likeness (QED) is 0.597. The molecule has 2 unspecified atom stereocenters. The van der Waals surface area contributed by atoms with Crippen molar-refractivity contribution in [1.29, 1.82) is 0 Å². The van der Waals surface area contributed by atoms with Crippen LogP contribution in [0.25, 0.3) is 10.9 Å². The van der Waals surface area contributed by atoms with Gasteiger partial charge in [0.15, 0.2) is 0 Å². The van der Waals surface area contributed by atoms with Crippen molar-refractivity contribution in [2.75, 3.05) is 19.6 Å². The van der Waals surface area contributed by atoms with Crippen LogP contribution in [0.5, 0.6) is 0 Å². The summed E-state index contributed by atoms with van der Waals surface area (Å²) < 4.78 is 13.4. The zero-order chi connectivity index (χ0) is 22.8. The Morgan fingerprint density at radius 3 is 2.88 bits per heavy atom. The van der Waals surface area contributed by atoms with Crippen LogP contribution in [0.4, 0.5) is 4.39 Å². The Hall–Kier alpha value is -3.35. The SMILES string of the molecule is O=C(c1ccc2cccnc2c1)N1CCC(C2CCCN2C(=O)CCc2cncc(F)c2)C1. The molecule has 6 nitrogen and oxygen atoms in total. The molecule has 7 heteroatoms. The second-order valence-electron chi connectivity index (χ2n) is 9.02. The molecular formula is C26H27FN4O2. The lowest BCUT2D eigenvalue weighted by Crippen LogP contribution is -2.41. The van der Waals surface area contributed by atoms with Crippen molar-refractivity contribution in [1.82, 2.24) is 19.8 Å². The molecule has 0 spiro atoms. The van der Waals surface area contributed by atoms with Crippen molar-refractivity contribution in [3.8, 4) is 0 Å². The number of halogens is 1. The molecule has 0 aliphatic carbocycles. The first-order valence-electron chi connectivity index (χ1n) is 11.6. The second-order valence-corrected chi connectivity index (χ2v) is 9.02. The standard InChI is InChI=1S/C26H27FN4O2/c27-22-13-18(15-28-16-22)5-8-25(32)31-11-2-4-24(31)21-9-12-30(17-21)26(33)20-7-6-19-3-1-10-29-23(19)14-20/h1,3,6-7,10,13-16,21,24H,2,4-5,8-9,11-12,17H2. The van der Waals surface area contributed by atoms with Crippen LogP contribution in [-0.4, -0.2) is 57.3 Å². The minimum Gasteiger partial charge on any atom is -0.339 e. The molecule has 2 aromatic heterocycles. The number of hydrogen-bond donors (Lipinski definition) is 0. The van der Waals surface area contributed by atoms with E-state index in [-0.39, 0.29) is 29.6 Å². The number of rotatable bonds is 5. The summed E-state index contributed by atoms with van der Waals surface area (Å²) in [4.78, 5) is 38.2. The number of aromatic nitrogens is 2. The molecule has 33 heavy (non-hydrogen) atoms. The number of carbonyl (C=O) groups excluding carboxylic acids is 2. The molecule has 0 radical (unpaired) electrons. The molecule has 1 aromatic carbocycles. The van der Waals surface area contributed by atoms with Crippen molar-refractivity contribution in [3.05, 3.63) is 71.9 Å². The Morgan fingerprint density at radius 2 is 2.00 bits per heavy atom. The topological polar surface area (TPSA) is 66.4 Å². The average molecular weight is 447 g/mol. The molecule has 0 saturated carbocycles. The van der Waals surface area contributed by atoms with E-state index in [0.717, 1.165) is 42.3 Å². The molecule has 2 fully saturated rings. The number of hydrogen-bond acceptors (Lipinski definition) is 4. The summed E-state index contributed by atoms with van der Waals surface area (Å²) in [5, 5.41) is 1.02. The summed E-state index contributed by atoms with van der Waals surface area (Å²) in [6, 6.07) is 11.1. The minimum atomic E-state index is -0.378. The fraction of sp³-hybridized carbons (Fsp3) is 0.385. The molecule has 3 aromatic rings. The number of fused-ring (bicyclic) bond motifs is 1. The maximum absolute atomic E-state index is 13.4. The number of carbonyl (C=O) groups is 2. The second kappa shape index (κ2) is 9.25. The van der Waals surface area contributed by atoms with Crippen LogP contribution in [0.15, 0.2) is 55.0 Å². The van der Waals surface area contributed by atoms with Crippen LogP contribution in [-0.2, 0) is 11.2 Å². The van der Waals surface area contributed by atoms with Gasteiger partial charge in [-0.05, 0) is 61.4 Å². The van der Waals surface area contributed by atoms with Crippen molar-refractivity contribution in [3.63, 3.8) is 0 Å². The van der Waals surface area contributed by atoms with Gasteiger partial charge in [0.1, 0.15) is 5.82 Å². The van der Waals surface area contributed by atoms with Gasteiger partial charge in [-0.3, -0.25) is 19.6 Å². The third kappa shape index (κ3) is 4.58. The first kappa shape index (κ1) is 21.5. The van der Waals surface area contributed by atoms with E-state index < -0.39 is 0 Å². The van der Waals surface area contributed by atoms with E-state index in [1.54, 1.807) is 12.4 Å². The van der Waals surface area contributed by atoms with Crippen LogP contribution in [0.1, 0.15) is 41.6 Å². The fourth-order valence-corrected chi connectivity index (χ4v) is 5.25. The van der Waals surface area contributed by atoms with Gasteiger partial charge in [0.25, 0.3) is 5.91 Å². The number of pyridine rings is 2. The predicted molar refractivity (Wildman–Crippen MR) is 123 cm³/mol. The Labute approximate surface area is 192 Å². The zero-order valence-corrected chi connectivity index (χ0v) is 18.5. The maximum Gasteiger partial charge on any atom is 0.253 e. The highest BCUT2D eigenvalue weighted by Crippen LogP contribution is 2.32. The van der Waals surface area contributed by atoms with Gasteiger partial charge < -0.3 is 9.80 Å². The molecule has 0 bridgehead atoms. The molecule has 0 N–H and O–H groups in total. The molecule has 2 aliphatic rings. The number of aryl methyl sites for hydroxylation is 1. The largest absolute Gasteiger partial charge is 0.339 e. The summed E-state index contributed by atoms with van der Waals surface area (Å²) in [7, 11) is 0. The Bertz CT molecular complexity index is 1180. The van der Waals surface area contributed by atoms with Gasteiger partial charge in [-0.15, -0.1) is 0 Å².